The number of hydrogen-bond donors (Lipinski definition) is 0. The molecule has 1 aliphatic heterocycles. The number of ether oxygens (including phenoxy) is 2. The fourth-order valence-corrected chi connectivity index (χ4v) is 4.53. The highest BCUT2D eigenvalue weighted by Gasteiger charge is 2.22. The quantitative estimate of drug-likeness (QED) is 0.356. The first kappa shape index (κ1) is 18.5. The topological polar surface area (TPSA) is 18.5 Å². The standard InChI is InChI=1S/C26H25O2P/c29-15-5-6-18-16-27-23-13-11-19-7-1-3-9-21(19)25(23)26-22-10-4-2-8-20(22)12-14-24(26)28-17-18/h1-4,7-14,18H,5-6,15-17,29H2. The van der Waals surface area contributed by atoms with Crippen LogP contribution in [0.1, 0.15) is 12.8 Å². The van der Waals surface area contributed by atoms with Gasteiger partial charge in [0.15, 0.2) is 0 Å². The van der Waals surface area contributed by atoms with E-state index in [1.807, 2.05) is 0 Å². The van der Waals surface area contributed by atoms with Crippen LogP contribution in [0.15, 0.2) is 72.8 Å². The summed E-state index contributed by atoms with van der Waals surface area (Å²) in [7, 11) is 2.82. The molecule has 1 unspecified atom stereocenters. The lowest BCUT2D eigenvalue weighted by atomic mass is 9.92. The maximum absolute atomic E-state index is 6.45. The number of rotatable bonds is 3. The van der Waals surface area contributed by atoms with Crippen molar-refractivity contribution < 1.29 is 9.47 Å². The first-order valence-corrected chi connectivity index (χ1v) is 11.2. The van der Waals surface area contributed by atoms with Crippen LogP contribution in [0.2, 0.25) is 0 Å². The Kier molecular flexibility index (Phi) is 5.12. The molecule has 0 fully saturated rings. The van der Waals surface area contributed by atoms with Crippen molar-refractivity contribution in [1.82, 2.24) is 0 Å². The summed E-state index contributed by atoms with van der Waals surface area (Å²) in [4.78, 5) is 0. The van der Waals surface area contributed by atoms with Gasteiger partial charge < -0.3 is 9.47 Å². The predicted octanol–water partition coefficient (Wildman–Crippen LogP) is 6.70. The summed E-state index contributed by atoms with van der Waals surface area (Å²) < 4.78 is 12.9. The Morgan fingerprint density at radius 2 is 1.21 bits per heavy atom. The molecule has 0 saturated carbocycles. The molecular formula is C26H25O2P. The van der Waals surface area contributed by atoms with Crippen LogP contribution in [0, 0.1) is 5.92 Å². The van der Waals surface area contributed by atoms with Gasteiger partial charge in [0.2, 0.25) is 0 Å². The van der Waals surface area contributed by atoms with Gasteiger partial charge in [0.25, 0.3) is 0 Å². The van der Waals surface area contributed by atoms with Crippen LogP contribution in [0.4, 0.5) is 0 Å². The fourth-order valence-electron chi connectivity index (χ4n) is 4.30. The average molecular weight is 400 g/mol. The number of fused-ring (bicyclic) bond motifs is 7. The molecule has 5 rings (SSSR count). The van der Waals surface area contributed by atoms with Crippen LogP contribution in [0.3, 0.4) is 0 Å². The Bertz CT molecular complexity index is 1080. The zero-order chi connectivity index (χ0) is 19.6. The van der Waals surface area contributed by atoms with Gasteiger partial charge in [-0.25, -0.2) is 0 Å². The summed E-state index contributed by atoms with van der Waals surface area (Å²) in [5, 5.41) is 4.84. The molecule has 1 aliphatic rings. The summed E-state index contributed by atoms with van der Waals surface area (Å²) >= 11 is 0. The van der Waals surface area contributed by atoms with E-state index in [2.05, 4.69) is 82.0 Å². The van der Waals surface area contributed by atoms with Gasteiger partial charge in [0.1, 0.15) is 11.5 Å². The molecule has 0 bridgehead atoms. The lowest BCUT2D eigenvalue weighted by molar-refractivity contribution is 0.172. The molecule has 0 N–H and O–H groups in total. The summed E-state index contributed by atoms with van der Waals surface area (Å²) in [5.41, 5.74) is 2.28. The van der Waals surface area contributed by atoms with Crippen LogP contribution in [-0.2, 0) is 0 Å². The minimum Gasteiger partial charge on any atom is -0.492 e. The normalized spacial score (nSPS) is 14.2. The number of benzene rings is 4. The molecule has 1 atom stereocenters. The van der Waals surface area contributed by atoms with Crippen LogP contribution < -0.4 is 9.47 Å². The molecule has 0 saturated heterocycles. The highest BCUT2D eigenvalue weighted by atomic mass is 31.0. The molecule has 0 aliphatic carbocycles. The van der Waals surface area contributed by atoms with Crippen LogP contribution >= 0.6 is 9.24 Å². The van der Waals surface area contributed by atoms with E-state index in [1.165, 1.54) is 21.5 Å². The molecule has 146 valence electrons. The lowest BCUT2D eigenvalue weighted by Gasteiger charge is -2.17. The van der Waals surface area contributed by atoms with Gasteiger partial charge in [0, 0.05) is 17.0 Å². The van der Waals surface area contributed by atoms with Gasteiger partial charge in [-0.2, -0.15) is 0 Å². The molecule has 0 spiro atoms. The van der Waals surface area contributed by atoms with E-state index in [1.54, 1.807) is 0 Å². The molecule has 1 heterocycles. The monoisotopic (exact) mass is 400 g/mol. The average Bonchev–Trinajstić information content (AvgIpc) is 2.85. The third-order valence-corrected chi connectivity index (χ3v) is 6.21. The Labute approximate surface area is 174 Å². The third-order valence-electron chi connectivity index (χ3n) is 5.80. The Morgan fingerprint density at radius 3 is 1.72 bits per heavy atom. The molecule has 3 heteroatoms. The Morgan fingerprint density at radius 1 is 0.690 bits per heavy atom. The van der Waals surface area contributed by atoms with E-state index in [0.29, 0.717) is 19.1 Å². The zero-order valence-electron chi connectivity index (χ0n) is 16.4. The molecule has 0 radical (unpaired) electrons. The second-order valence-electron chi connectivity index (χ2n) is 7.74. The maximum Gasteiger partial charge on any atom is 0.127 e. The van der Waals surface area contributed by atoms with Crippen LogP contribution in [-0.4, -0.2) is 19.4 Å². The third kappa shape index (κ3) is 3.47. The minimum atomic E-state index is 0.382. The summed E-state index contributed by atoms with van der Waals surface area (Å²) in [5.74, 6) is 2.28. The smallest absolute Gasteiger partial charge is 0.127 e. The first-order chi connectivity index (χ1) is 14.3. The fraction of sp³-hybridized carbons (Fsp3) is 0.231. The molecular weight excluding hydrogens is 375 g/mol. The van der Waals surface area contributed by atoms with Gasteiger partial charge in [-0.3, -0.25) is 0 Å². The minimum absolute atomic E-state index is 0.382. The van der Waals surface area contributed by atoms with Crippen molar-refractivity contribution in [3.63, 3.8) is 0 Å². The van der Waals surface area contributed by atoms with Crippen molar-refractivity contribution >= 4 is 30.8 Å². The lowest BCUT2D eigenvalue weighted by Crippen LogP contribution is -2.19. The molecule has 0 amide bonds. The molecule has 2 nitrogen and oxygen atoms in total. The van der Waals surface area contributed by atoms with Gasteiger partial charge in [-0.1, -0.05) is 60.7 Å². The SMILES string of the molecule is PCCCC1COc2ccc3ccccc3c2-c2c(ccc3ccccc23)OC1. The number of hydrogen-bond acceptors (Lipinski definition) is 2. The van der Waals surface area contributed by atoms with Gasteiger partial charge in [-0.05, 0) is 52.7 Å². The van der Waals surface area contributed by atoms with E-state index in [4.69, 9.17) is 9.47 Å². The van der Waals surface area contributed by atoms with E-state index < -0.39 is 0 Å². The largest absolute Gasteiger partial charge is 0.492 e. The first-order valence-electron chi connectivity index (χ1n) is 10.3. The zero-order valence-corrected chi connectivity index (χ0v) is 17.6. The molecule has 0 aromatic heterocycles. The summed E-state index contributed by atoms with van der Waals surface area (Å²) in [6.07, 6.45) is 3.38. The van der Waals surface area contributed by atoms with E-state index in [0.717, 1.165) is 41.6 Å². The molecule has 4 aromatic rings. The van der Waals surface area contributed by atoms with Crippen molar-refractivity contribution in [2.45, 2.75) is 12.8 Å². The van der Waals surface area contributed by atoms with E-state index >= 15 is 0 Å². The van der Waals surface area contributed by atoms with Gasteiger partial charge in [-0.15, -0.1) is 9.24 Å². The van der Waals surface area contributed by atoms with Crippen LogP contribution in [0.5, 0.6) is 11.5 Å². The Balaban J connectivity index is 1.78. The second kappa shape index (κ2) is 8.05. The molecule has 4 aromatic carbocycles. The van der Waals surface area contributed by atoms with Crippen molar-refractivity contribution in [3.05, 3.63) is 72.8 Å². The summed E-state index contributed by atoms with van der Waals surface area (Å²) in [6.45, 7) is 1.36. The highest BCUT2D eigenvalue weighted by molar-refractivity contribution is 7.16. The highest BCUT2D eigenvalue weighted by Crippen LogP contribution is 2.46. The van der Waals surface area contributed by atoms with E-state index in [-0.39, 0.29) is 0 Å². The predicted molar refractivity (Wildman–Crippen MR) is 125 cm³/mol. The van der Waals surface area contributed by atoms with Crippen molar-refractivity contribution in [2.24, 2.45) is 5.92 Å². The summed E-state index contributed by atoms with van der Waals surface area (Å²) in [6, 6.07) is 25.7. The van der Waals surface area contributed by atoms with Crippen molar-refractivity contribution in [1.29, 1.82) is 0 Å². The Hall–Kier alpha value is -2.57. The van der Waals surface area contributed by atoms with Crippen molar-refractivity contribution in [3.8, 4) is 22.6 Å². The maximum atomic E-state index is 6.45. The van der Waals surface area contributed by atoms with Crippen molar-refractivity contribution in [2.75, 3.05) is 19.4 Å². The molecule has 29 heavy (non-hydrogen) atoms. The van der Waals surface area contributed by atoms with Crippen LogP contribution in [0.25, 0.3) is 32.7 Å². The van der Waals surface area contributed by atoms with Gasteiger partial charge in [0.05, 0.1) is 13.2 Å². The van der Waals surface area contributed by atoms with Gasteiger partial charge >= 0.3 is 0 Å². The second-order valence-corrected chi connectivity index (χ2v) is 8.32. The van der Waals surface area contributed by atoms with E-state index in [9.17, 15) is 0 Å².